The summed E-state index contributed by atoms with van der Waals surface area (Å²) in [5.41, 5.74) is 1.75. The highest BCUT2D eigenvalue weighted by Crippen LogP contribution is 2.46. The van der Waals surface area contributed by atoms with Crippen LogP contribution in [0.25, 0.3) is 0 Å². The van der Waals surface area contributed by atoms with Crippen LogP contribution in [0.5, 0.6) is 0 Å². The van der Waals surface area contributed by atoms with Crippen LogP contribution in [0.3, 0.4) is 0 Å². The van der Waals surface area contributed by atoms with E-state index in [1.165, 1.54) is 12.1 Å². The van der Waals surface area contributed by atoms with Gasteiger partial charge < -0.3 is 14.8 Å². The molecule has 2 saturated heterocycles. The van der Waals surface area contributed by atoms with E-state index < -0.39 is 0 Å². The predicted molar refractivity (Wildman–Crippen MR) is 107 cm³/mol. The largest absolute Gasteiger partial charge is 0.378 e. The van der Waals surface area contributed by atoms with Crippen molar-refractivity contribution in [3.63, 3.8) is 0 Å². The number of nitrogens with one attached hydrogen (secondary N) is 1. The van der Waals surface area contributed by atoms with E-state index in [2.05, 4.69) is 17.4 Å². The minimum Gasteiger partial charge on any atom is -0.378 e. The molecule has 1 N–H and O–H groups in total. The summed E-state index contributed by atoms with van der Waals surface area (Å²) in [6, 6.07) is 10.8. The SMILES string of the molecule is Fc1cc(Cl)cc(CNCC[C@@]2(c3ccccn3)CCO[C@]3(CCOC3)C2)c1. The van der Waals surface area contributed by atoms with Crippen LogP contribution in [-0.2, 0) is 21.4 Å². The highest BCUT2D eigenvalue weighted by molar-refractivity contribution is 6.30. The van der Waals surface area contributed by atoms with Crippen LogP contribution in [0.2, 0.25) is 5.02 Å². The Hall–Kier alpha value is -1.53. The van der Waals surface area contributed by atoms with E-state index >= 15 is 0 Å². The number of ether oxygens (including phenoxy) is 2. The molecule has 1 aromatic carbocycles. The standard InChI is InChI=1S/C22H26ClFN2O2/c23-18-11-17(12-19(24)13-18)14-25-8-4-21(20-3-1-2-7-26-20)5-10-28-22(15-21)6-9-27-16-22/h1-3,7,11-13,25H,4-6,8-10,14-16H2/t21-,22-/m1/s1. The van der Waals surface area contributed by atoms with Gasteiger partial charge in [0.2, 0.25) is 0 Å². The van der Waals surface area contributed by atoms with Crippen LogP contribution in [0.4, 0.5) is 4.39 Å². The summed E-state index contributed by atoms with van der Waals surface area (Å²) in [4.78, 5) is 4.70. The summed E-state index contributed by atoms with van der Waals surface area (Å²) in [5, 5.41) is 3.88. The minimum atomic E-state index is -0.304. The molecule has 1 aromatic heterocycles. The lowest BCUT2D eigenvalue weighted by Crippen LogP contribution is -2.49. The van der Waals surface area contributed by atoms with Crippen molar-refractivity contribution in [3.8, 4) is 0 Å². The average Bonchev–Trinajstić information content (AvgIpc) is 3.13. The maximum atomic E-state index is 13.5. The maximum Gasteiger partial charge on any atom is 0.125 e. The predicted octanol–water partition coefficient (Wildman–Crippen LogP) is 4.26. The highest BCUT2D eigenvalue weighted by Gasteiger charge is 2.49. The fourth-order valence-corrected chi connectivity index (χ4v) is 4.82. The normalized spacial score (nSPS) is 27.4. The zero-order valence-corrected chi connectivity index (χ0v) is 16.7. The fourth-order valence-electron chi connectivity index (χ4n) is 4.57. The first-order valence-corrected chi connectivity index (χ1v) is 10.3. The smallest absolute Gasteiger partial charge is 0.125 e. The van der Waals surface area contributed by atoms with Gasteiger partial charge in [0.05, 0.1) is 12.2 Å². The third kappa shape index (κ3) is 4.38. The molecular formula is C22H26ClFN2O2. The summed E-state index contributed by atoms with van der Waals surface area (Å²) >= 11 is 5.95. The lowest BCUT2D eigenvalue weighted by Gasteiger charge is -2.45. The molecule has 4 rings (SSSR count). The van der Waals surface area contributed by atoms with Crippen molar-refractivity contribution >= 4 is 11.6 Å². The van der Waals surface area contributed by atoms with E-state index in [1.807, 2.05) is 12.3 Å². The second-order valence-corrected chi connectivity index (χ2v) is 8.40. The molecule has 4 nitrogen and oxygen atoms in total. The molecule has 2 atom stereocenters. The van der Waals surface area contributed by atoms with Gasteiger partial charge in [-0.2, -0.15) is 0 Å². The van der Waals surface area contributed by atoms with Crippen LogP contribution in [-0.4, -0.2) is 37.0 Å². The number of pyridine rings is 1. The Morgan fingerprint density at radius 1 is 1.18 bits per heavy atom. The van der Waals surface area contributed by atoms with Gasteiger partial charge in [-0.1, -0.05) is 17.7 Å². The van der Waals surface area contributed by atoms with Crippen molar-refractivity contribution < 1.29 is 13.9 Å². The Morgan fingerprint density at radius 2 is 2.11 bits per heavy atom. The Balaban J connectivity index is 1.45. The Kier molecular flexibility index (Phi) is 5.97. The van der Waals surface area contributed by atoms with Crippen molar-refractivity contribution in [1.82, 2.24) is 10.3 Å². The van der Waals surface area contributed by atoms with Gasteiger partial charge in [-0.3, -0.25) is 4.98 Å². The van der Waals surface area contributed by atoms with Gasteiger partial charge in [0.1, 0.15) is 5.82 Å². The molecule has 3 heterocycles. The molecule has 0 bridgehead atoms. The third-order valence-corrected chi connectivity index (χ3v) is 6.17. The Bertz CT molecular complexity index is 778. The lowest BCUT2D eigenvalue weighted by molar-refractivity contribution is -0.109. The van der Waals surface area contributed by atoms with Crippen molar-refractivity contribution in [2.24, 2.45) is 0 Å². The fraction of sp³-hybridized carbons (Fsp3) is 0.500. The van der Waals surface area contributed by atoms with Crippen LogP contribution >= 0.6 is 11.6 Å². The number of halogens is 2. The van der Waals surface area contributed by atoms with Gasteiger partial charge in [-0.15, -0.1) is 0 Å². The first-order valence-electron chi connectivity index (χ1n) is 9.88. The summed E-state index contributed by atoms with van der Waals surface area (Å²) in [7, 11) is 0. The maximum absolute atomic E-state index is 13.5. The number of benzene rings is 1. The van der Waals surface area contributed by atoms with E-state index in [1.54, 1.807) is 6.07 Å². The zero-order valence-electron chi connectivity index (χ0n) is 15.9. The molecule has 6 heteroatoms. The van der Waals surface area contributed by atoms with E-state index in [4.69, 9.17) is 26.1 Å². The van der Waals surface area contributed by atoms with Gasteiger partial charge in [-0.25, -0.2) is 4.39 Å². The monoisotopic (exact) mass is 404 g/mol. The molecule has 0 radical (unpaired) electrons. The highest BCUT2D eigenvalue weighted by atomic mass is 35.5. The van der Waals surface area contributed by atoms with E-state index in [0.717, 1.165) is 56.7 Å². The van der Waals surface area contributed by atoms with Gasteiger partial charge in [0.25, 0.3) is 0 Å². The quantitative estimate of drug-likeness (QED) is 0.730. The topological polar surface area (TPSA) is 43.4 Å². The van der Waals surface area contributed by atoms with E-state index in [9.17, 15) is 4.39 Å². The van der Waals surface area contributed by atoms with Gasteiger partial charge in [-0.05, 0) is 61.7 Å². The minimum absolute atomic E-state index is 0.0419. The lowest BCUT2D eigenvalue weighted by atomic mass is 9.68. The molecule has 2 aliphatic heterocycles. The summed E-state index contributed by atoms with van der Waals surface area (Å²) in [5.74, 6) is -0.304. The molecule has 28 heavy (non-hydrogen) atoms. The Labute approximate surface area is 170 Å². The van der Waals surface area contributed by atoms with Gasteiger partial charge in [0.15, 0.2) is 0 Å². The Morgan fingerprint density at radius 3 is 2.86 bits per heavy atom. The van der Waals surface area contributed by atoms with Crippen LogP contribution in [0, 0.1) is 5.82 Å². The number of aromatic nitrogens is 1. The van der Waals surface area contributed by atoms with Crippen LogP contribution < -0.4 is 5.32 Å². The van der Waals surface area contributed by atoms with Crippen molar-refractivity contribution in [2.75, 3.05) is 26.4 Å². The number of rotatable bonds is 6. The molecule has 0 unspecified atom stereocenters. The summed E-state index contributed by atoms with van der Waals surface area (Å²) in [6.45, 7) is 3.54. The third-order valence-electron chi connectivity index (χ3n) is 5.96. The summed E-state index contributed by atoms with van der Waals surface area (Å²) < 4.78 is 25.4. The molecular weight excluding hydrogens is 379 g/mol. The number of hydrogen-bond acceptors (Lipinski definition) is 4. The van der Waals surface area contributed by atoms with Gasteiger partial charge in [0, 0.05) is 48.5 Å². The molecule has 0 saturated carbocycles. The molecule has 0 aliphatic carbocycles. The van der Waals surface area contributed by atoms with Crippen molar-refractivity contribution in [2.45, 2.75) is 43.2 Å². The molecule has 2 aliphatic rings. The molecule has 1 spiro atoms. The van der Waals surface area contributed by atoms with E-state index in [-0.39, 0.29) is 16.8 Å². The first kappa shape index (κ1) is 19.8. The molecule has 0 amide bonds. The number of nitrogens with zero attached hydrogens (tertiary/aromatic N) is 1. The van der Waals surface area contributed by atoms with Crippen molar-refractivity contribution in [3.05, 3.63) is 64.7 Å². The van der Waals surface area contributed by atoms with Crippen molar-refractivity contribution in [1.29, 1.82) is 0 Å². The van der Waals surface area contributed by atoms with E-state index in [0.29, 0.717) is 18.2 Å². The van der Waals surface area contributed by atoms with Crippen LogP contribution in [0.15, 0.2) is 42.6 Å². The summed E-state index contributed by atoms with van der Waals surface area (Å²) in [6.07, 6.45) is 5.62. The van der Waals surface area contributed by atoms with Crippen LogP contribution in [0.1, 0.15) is 36.9 Å². The second kappa shape index (κ2) is 8.46. The first-order chi connectivity index (χ1) is 13.6. The second-order valence-electron chi connectivity index (χ2n) is 7.96. The zero-order chi connectivity index (χ0) is 19.5. The molecule has 2 fully saturated rings. The molecule has 2 aromatic rings. The number of hydrogen-bond donors (Lipinski definition) is 1. The molecule has 150 valence electrons. The average molecular weight is 405 g/mol. The van der Waals surface area contributed by atoms with Gasteiger partial charge >= 0.3 is 0 Å².